The molecule has 0 spiro atoms. The maximum Gasteiger partial charge on any atom is 0.274 e. The number of carbonyl (C=O) groups is 1. The lowest BCUT2D eigenvalue weighted by atomic mass is 10.1. The summed E-state index contributed by atoms with van der Waals surface area (Å²) in [6.07, 6.45) is 7.61. The van der Waals surface area contributed by atoms with Gasteiger partial charge in [-0.3, -0.25) is 4.79 Å². The smallest absolute Gasteiger partial charge is 0.274 e. The van der Waals surface area contributed by atoms with Gasteiger partial charge in [-0.1, -0.05) is 13.5 Å². The van der Waals surface area contributed by atoms with Crippen LogP contribution in [0.3, 0.4) is 0 Å². The average Bonchev–Trinajstić information content (AvgIpc) is 3.42. The van der Waals surface area contributed by atoms with E-state index in [1.807, 2.05) is 43.7 Å². The van der Waals surface area contributed by atoms with E-state index in [-0.39, 0.29) is 31.2 Å². The summed E-state index contributed by atoms with van der Waals surface area (Å²) >= 11 is 0. The molecule has 1 amide bonds. The normalized spacial score (nSPS) is 16.2. The highest BCUT2D eigenvalue weighted by Gasteiger charge is 2.27. The van der Waals surface area contributed by atoms with Crippen molar-refractivity contribution in [2.24, 2.45) is 0 Å². The number of amides is 1. The summed E-state index contributed by atoms with van der Waals surface area (Å²) in [6.45, 7) is 6.24. The first-order chi connectivity index (χ1) is 17.5. The molecule has 1 atom stereocenters. The second-order valence-corrected chi connectivity index (χ2v) is 9.43. The fourth-order valence-corrected chi connectivity index (χ4v) is 4.26. The molecule has 4 aromatic rings. The van der Waals surface area contributed by atoms with Gasteiger partial charge in [-0.15, -0.1) is 5.10 Å². The third kappa shape index (κ3) is 4.64. The Labute approximate surface area is 214 Å². The summed E-state index contributed by atoms with van der Waals surface area (Å²) < 4.78 is 15.7. The predicted molar refractivity (Wildman–Crippen MR) is 137 cm³/mol. The number of benzene rings is 1. The highest BCUT2D eigenvalue weighted by Crippen LogP contribution is 2.40. The summed E-state index contributed by atoms with van der Waals surface area (Å²) in [4.78, 5) is 22.3. The number of imidazole rings is 1. The van der Waals surface area contributed by atoms with Gasteiger partial charge in [0.15, 0.2) is 17.3 Å². The molecule has 4 heterocycles. The zero-order valence-electron chi connectivity index (χ0n) is 20.3. The van der Waals surface area contributed by atoms with Crippen molar-refractivity contribution in [2.75, 3.05) is 11.9 Å². The minimum Gasteiger partial charge on any atom is -0.488 e. The molecule has 1 saturated carbocycles. The van der Waals surface area contributed by atoms with Crippen LogP contribution < -0.4 is 14.8 Å². The van der Waals surface area contributed by atoms with Gasteiger partial charge in [0.2, 0.25) is 0 Å². The van der Waals surface area contributed by atoms with Crippen LogP contribution in [0.15, 0.2) is 43.0 Å². The van der Waals surface area contributed by atoms with Crippen LogP contribution in [0.1, 0.15) is 69.2 Å². The first-order valence-electron chi connectivity index (χ1n) is 12.0. The van der Waals surface area contributed by atoms with Gasteiger partial charge < -0.3 is 19.4 Å². The van der Waals surface area contributed by atoms with E-state index in [9.17, 15) is 4.79 Å². The fraction of sp³-hybridized carbons (Fsp3) is 0.385. The maximum absolute atomic E-state index is 13.3. The Morgan fingerprint density at radius 3 is 2.86 bits per heavy atom. The zero-order chi connectivity index (χ0) is 24.8. The van der Waals surface area contributed by atoms with E-state index in [4.69, 9.17) is 9.47 Å². The minimum atomic E-state index is -0.372. The first-order valence-corrected chi connectivity index (χ1v) is 12.0. The highest BCUT2D eigenvalue weighted by atomic mass is 16.5. The third-order valence-corrected chi connectivity index (χ3v) is 6.20. The van der Waals surface area contributed by atoms with E-state index >= 15 is 0 Å². The van der Waals surface area contributed by atoms with Gasteiger partial charge in [0.1, 0.15) is 12.3 Å². The van der Waals surface area contributed by atoms with E-state index in [0.29, 0.717) is 46.8 Å². The number of carbonyl (C=O) groups excluding carboxylic acids is 1. The highest BCUT2D eigenvalue weighted by molar-refractivity contribution is 6.04. The Balaban J connectivity index is 0.00000280. The standard InChI is InChI=1S/C25H26N8O3.CH4/c1-14(2)36-22-10-26-19(9-21(22)32-11-20(27-13-32)16-7-8-16)25(34)28-18-6-4-5-17-23(18)35-12-15(3)33-24(17)29-30-31-33;/h4-6,9-11,13-16H,7-8,12H2,1-3H3,(H,28,34);1H4/t15-;/m1./s1. The van der Waals surface area contributed by atoms with Crippen LogP contribution in [-0.4, -0.2) is 53.4 Å². The molecule has 192 valence electrons. The maximum atomic E-state index is 13.3. The molecule has 0 unspecified atom stereocenters. The van der Waals surface area contributed by atoms with Crippen LogP contribution in [0.4, 0.5) is 5.69 Å². The summed E-state index contributed by atoms with van der Waals surface area (Å²) in [5.74, 6) is 1.84. The van der Waals surface area contributed by atoms with Crippen molar-refractivity contribution in [3.8, 4) is 28.6 Å². The molecule has 1 aliphatic heterocycles. The molecule has 11 heteroatoms. The second kappa shape index (κ2) is 9.64. The molecular formula is C26H30N8O3. The fourth-order valence-electron chi connectivity index (χ4n) is 4.26. The molecule has 0 saturated heterocycles. The van der Waals surface area contributed by atoms with Crippen LogP contribution >= 0.6 is 0 Å². The van der Waals surface area contributed by atoms with Crippen molar-refractivity contribution in [2.45, 2.75) is 59.1 Å². The number of hydrogen-bond acceptors (Lipinski definition) is 8. The summed E-state index contributed by atoms with van der Waals surface area (Å²) in [5, 5.41) is 15.0. The minimum absolute atomic E-state index is 0. The van der Waals surface area contributed by atoms with E-state index in [0.717, 1.165) is 18.5 Å². The number of para-hydroxylation sites is 1. The van der Waals surface area contributed by atoms with Gasteiger partial charge >= 0.3 is 0 Å². The molecule has 2 aliphatic rings. The van der Waals surface area contributed by atoms with Gasteiger partial charge in [0.25, 0.3) is 5.91 Å². The van der Waals surface area contributed by atoms with Crippen molar-refractivity contribution in [1.82, 2.24) is 34.7 Å². The molecule has 3 aromatic heterocycles. The summed E-state index contributed by atoms with van der Waals surface area (Å²) in [6, 6.07) is 7.15. The van der Waals surface area contributed by atoms with Gasteiger partial charge in [-0.05, 0) is 62.2 Å². The van der Waals surface area contributed by atoms with Crippen LogP contribution in [0.25, 0.3) is 17.1 Å². The molecule has 1 aliphatic carbocycles. The summed E-state index contributed by atoms with van der Waals surface area (Å²) in [7, 11) is 0. The predicted octanol–water partition coefficient (Wildman–Crippen LogP) is 4.43. The Kier molecular flexibility index (Phi) is 6.36. The number of fused-ring (bicyclic) bond motifs is 3. The Hall–Kier alpha value is -4.28. The Bertz CT molecular complexity index is 1440. The number of aromatic nitrogens is 7. The lowest BCUT2D eigenvalue weighted by molar-refractivity contribution is 0.102. The molecule has 11 nitrogen and oxygen atoms in total. The molecule has 1 fully saturated rings. The molecule has 6 rings (SSSR count). The van der Waals surface area contributed by atoms with Crippen molar-refractivity contribution < 1.29 is 14.3 Å². The van der Waals surface area contributed by atoms with Gasteiger partial charge in [-0.25, -0.2) is 14.6 Å². The van der Waals surface area contributed by atoms with Gasteiger partial charge in [0, 0.05) is 12.1 Å². The van der Waals surface area contributed by atoms with Crippen molar-refractivity contribution >= 4 is 11.6 Å². The molecule has 0 bridgehead atoms. The van der Waals surface area contributed by atoms with Crippen LogP contribution in [0.2, 0.25) is 0 Å². The molecular weight excluding hydrogens is 472 g/mol. The van der Waals surface area contributed by atoms with Crippen molar-refractivity contribution in [3.63, 3.8) is 0 Å². The largest absolute Gasteiger partial charge is 0.488 e. The third-order valence-electron chi connectivity index (χ3n) is 6.20. The Morgan fingerprint density at radius 2 is 2.08 bits per heavy atom. The molecule has 1 aromatic carbocycles. The van der Waals surface area contributed by atoms with Crippen LogP contribution in [0.5, 0.6) is 11.5 Å². The monoisotopic (exact) mass is 502 g/mol. The van der Waals surface area contributed by atoms with E-state index in [1.165, 1.54) is 0 Å². The quantitative estimate of drug-likeness (QED) is 0.411. The number of rotatable bonds is 6. The number of tetrazole rings is 1. The number of nitrogens with one attached hydrogen (secondary N) is 1. The molecule has 1 N–H and O–H groups in total. The lowest BCUT2D eigenvalue weighted by Gasteiger charge is -2.16. The SMILES string of the molecule is C.CC(C)Oc1cnc(C(=O)Nc2cccc3c2OC[C@@H](C)n2nnnc2-3)cc1-n1cnc(C2CC2)c1. The molecule has 0 radical (unpaired) electrons. The number of ether oxygens (including phenoxy) is 2. The topological polar surface area (TPSA) is 122 Å². The van der Waals surface area contributed by atoms with E-state index in [1.54, 1.807) is 29.3 Å². The van der Waals surface area contributed by atoms with E-state index in [2.05, 4.69) is 30.8 Å². The number of hydrogen-bond donors (Lipinski definition) is 1. The Morgan fingerprint density at radius 1 is 1.24 bits per heavy atom. The number of anilines is 1. The van der Waals surface area contributed by atoms with Crippen molar-refractivity contribution in [1.29, 1.82) is 0 Å². The molecule has 37 heavy (non-hydrogen) atoms. The number of pyridine rings is 1. The van der Waals surface area contributed by atoms with Gasteiger partial charge in [-0.2, -0.15) is 0 Å². The summed E-state index contributed by atoms with van der Waals surface area (Å²) in [5.41, 5.74) is 3.23. The van der Waals surface area contributed by atoms with E-state index < -0.39 is 0 Å². The van der Waals surface area contributed by atoms with Crippen molar-refractivity contribution in [3.05, 3.63) is 54.4 Å². The average molecular weight is 503 g/mol. The zero-order valence-corrected chi connectivity index (χ0v) is 20.3. The van der Waals surface area contributed by atoms with Crippen LogP contribution in [0, 0.1) is 0 Å². The van der Waals surface area contributed by atoms with Crippen LogP contribution in [-0.2, 0) is 0 Å². The second-order valence-electron chi connectivity index (χ2n) is 9.43. The first kappa shape index (κ1) is 24.4. The lowest BCUT2D eigenvalue weighted by Crippen LogP contribution is -2.17. The number of nitrogens with zero attached hydrogens (tertiary/aromatic N) is 7. The van der Waals surface area contributed by atoms with Gasteiger partial charge in [0.05, 0.1) is 47.3 Å².